The summed E-state index contributed by atoms with van der Waals surface area (Å²) in [6, 6.07) is -0.0646. The number of amidine groups is 1. The number of amides is 1. The quantitative estimate of drug-likeness (QED) is 0.337. The van der Waals surface area contributed by atoms with Gasteiger partial charge in [0.15, 0.2) is 0 Å². The molecule has 0 heterocycles. The Hall–Kier alpha value is -1.26. The molecule has 0 aliphatic heterocycles. The molecule has 3 N–H and O–H groups in total. The first-order valence-corrected chi connectivity index (χ1v) is 6.79. The average Bonchev–Trinajstić information content (AvgIpc) is 2.24. The number of hydrogen-bond acceptors (Lipinski definition) is 3. The van der Waals surface area contributed by atoms with Gasteiger partial charge in [-0.05, 0) is 24.7 Å². The third-order valence-electron chi connectivity index (χ3n) is 3.17. The van der Waals surface area contributed by atoms with Gasteiger partial charge in [0.2, 0.25) is 5.91 Å². The van der Waals surface area contributed by atoms with Crippen LogP contribution in [0, 0.1) is 11.3 Å². The maximum Gasteiger partial charge on any atom is 0.222 e. The second kappa shape index (κ2) is 7.36. The molecule has 5 nitrogen and oxygen atoms in total. The van der Waals surface area contributed by atoms with Crippen LogP contribution in [0.5, 0.6) is 0 Å². The highest BCUT2D eigenvalue weighted by molar-refractivity contribution is 5.81. The first-order valence-electron chi connectivity index (χ1n) is 6.79. The maximum absolute atomic E-state index is 12.1. The molecule has 0 aliphatic rings. The van der Waals surface area contributed by atoms with Crippen LogP contribution in [0.2, 0.25) is 0 Å². The van der Waals surface area contributed by atoms with E-state index in [4.69, 9.17) is 10.9 Å². The summed E-state index contributed by atoms with van der Waals surface area (Å²) in [5, 5.41) is 11.5. The predicted octanol–water partition coefficient (Wildman–Crippen LogP) is 2.43. The Kier molecular flexibility index (Phi) is 6.87. The van der Waals surface area contributed by atoms with Crippen LogP contribution in [0.3, 0.4) is 0 Å². The molecule has 0 rings (SSSR count). The van der Waals surface area contributed by atoms with Crippen LogP contribution >= 0.6 is 0 Å². The molecule has 0 saturated carbocycles. The van der Waals surface area contributed by atoms with Crippen LogP contribution in [0.15, 0.2) is 5.16 Å². The summed E-state index contributed by atoms with van der Waals surface area (Å²) >= 11 is 0. The van der Waals surface area contributed by atoms with E-state index in [1.165, 1.54) is 0 Å². The molecular formula is C14H29N3O2. The smallest absolute Gasteiger partial charge is 0.222 e. The van der Waals surface area contributed by atoms with Crippen molar-refractivity contribution in [1.29, 1.82) is 0 Å². The highest BCUT2D eigenvalue weighted by atomic mass is 16.4. The van der Waals surface area contributed by atoms with Crippen molar-refractivity contribution in [3.63, 3.8) is 0 Å². The average molecular weight is 271 g/mol. The molecule has 2 unspecified atom stereocenters. The molecule has 112 valence electrons. The van der Waals surface area contributed by atoms with E-state index in [-0.39, 0.29) is 23.2 Å². The normalized spacial score (nSPS) is 16.0. The monoisotopic (exact) mass is 271 g/mol. The lowest BCUT2D eigenvalue weighted by Crippen LogP contribution is -2.38. The molecular weight excluding hydrogens is 242 g/mol. The molecule has 19 heavy (non-hydrogen) atoms. The Balaban J connectivity index is 4.34. The largest absolute Gasteiger partial charge is 0.409 e. The van der Waals surface area contributed by atoms with Gasteiger partial charge in [-0.25, -0.2) is 0 Å². The molecule has 0 bridgehead atoms. The van der Waals surface area contributed by atoms with E-state index >= 15 is 0 Å². The highest BCUT2D eigenvalue weighted by Crippen LogP contribution is 2.26. The van der Waals surface area contributed by atoms with E-state index in [0.29, 0.717) is 18.8 Å². The zero-order chi connectivity index (χ0) is 15.2. The summed E-state index contributed by atoms with van der Waals surface area (Å²) in [6.45, 7) is 10.5. The van der Waals surface area contributed by atoms with Crippen molar-refractivity contribution in [2.45, 2.75) is 59.9 Å². The molecule has 0 aromatic rings. The molecule has 0 radical (unpaired) electrons. The van der Waals surface area contributed by atoms with Crippen LogP contribution in [-0.4, -0.2) is 34.9 Å². The zero-order valence-corrected chi connectivity index (χ0v) is 13.1. The summed E-state index contributed by atoms with van der Waals surface area (Å²) < 4.78 is 0. The van der Waals surface area contributed by atoms with Gasteiger partial charge in [-0.2, -0.15) is 0 Å². The Morgan fingerprint density at radius 2 is 1.84 bits per heavy atom. The number of nitrogens with zero attached hydrogens (tertiary/aromatic N) is 2. The van der Waals surface area contributed by atoms with Gasteiger partial charge in [-0.15, -0.1) is 0 Å². The molecule has 5 heteroatoms. The number of hydrogen-bond donors (Lipinski definition) is 2. The summed E-state index contributed by atoms with van der Waals surface area (Å²) in [5.41, 5.74) is 5.69. The number of carbonyl (C=O) groups is 1. The number of carbonyl (C=O) groups excluding carboxylic acids is 1. The first-order chi connectivity index (χ1) is 8.56. The first kappa shape index (κ1) is 17.7. The topological polar surface area (TPSA) is 78.9 Å². The van der Waals surface area contributed by atoms with Crippen LogP contribution in [0.4, 0.5) is 0 Å². The van der Waals surface area contributed by atoms with Gasteiger partial charge in [0.05, 0.1) is 0 Å². The Bertz CT molecular complexity index is 321. The van der Waals surface area contributed by atoms with Crippen LogP contribution in [0.25, 0.3) is 0 Å². The van der Waals surface area contributed by atoms with Gasteiger partial charge in [0.1, 0.15) is 5.84 Å². The maximum atomic E-state index is 12.1. The van der Waals surface area contributed by atoms with E-state index in [9.17, 15) is 4.79 Å². The van der Waals surface area contributed by atoms with Gasteiger partial charge in [-0.3, -0.25) is 4.79 Å². The lowest BCUT2D eigenvalue weighted by molar-refractivity contribution is -0.132. The minimum absolute atomic E-state index is 0.0646. The van der Waals surface area contributed by atoms with E-state index in [1.807, 2.05) is 6.92 Å². The summed E-state index contributed by atoms with van der Waals surface area (Å²) in [7, 11) is 1.77. The molecule has 2 atom stereocenters. The van der Waals surface area contributed by atoms with E-state index < -0.39 is 0 Å². The summed E-state index contributed by atoms with van der Waals surface area (Å²) in [4.78, 5) is 13.8. The third-order valence-corrected chi connectivity index (χ3v) is 3.17. The van der Waals surface area contributed by atoms with Gasteiger partial charge >= 0.3 is 0 Å². The van der Waals surface area contributed by atoms with Gasteiger partial charge in [-0.1, -0.05) is 32.9 Å². The van der Waals surface area contributed by atoms with Crippen molar-refractivity contribution >= 4 is 11.7 Å². The fourth-order valence-electron chi connectivity index (χ4n) is 2.29. The van der Waals surface area contributed by atoms with Crippen LogP contribution < -0.4 is 5.73 Å². The molecule has 0 aromatic heterocycles. The molecule has 0 saturated heterocycles. The molecule has 0 spiro atoms. The van der Waals surface area contributed by atoms with Crippen molar-refractivity contribution in [1.82, 2.24) is 4.90 Å². The van der Waals surface area contributed by atoms with Crippen LogP contribution in [-0.2, 0) is 4.79 Å². The highest BCUT2D eigenvalue weighted by Gasteiger charge is 2.22. The number of rotatable bonds is 6. The van der Waals surface area contributed by atoms with Crippen molar-refractivity contribution in [3.05, 3.63) is 0 Å². The summed E-state index contributed by atoms with van der Waals surface area (Å²) in [6.07, 6.45) is 1.93. The van der Waals surface area contributed by atoms with Gasteiger partial charge < -0.3 is 15.8 Å². The van der Waals surface area contributed by atoms with Gasteiger partial charge in [0, 0.05) is 25.9 Å². The standard InChI is InChI=1S/C14H29N3O2/c1-10(9-14(3,4)5)7-13(18)17(6)11(2)8-12(15)16-19/h10-11,19H,7-9H2,1-6H3,(H2,15,16). The second-order valence-electron chi connectivity index (χ2n) is 6.72. The summed E-state index contributed by atoms with van der Waals surface area (Å²) in [5.74, 6) is 0.607. The third kappa shape index (κ3) is 7.70. The predicted molar refractivity (Wildman–Crippen MR) is 78.1 cm³/mol. The van der Waals surface area contributed by atoms with Crippen molar-refractivity contribution < 1.29 is 10.0 Å². The minimum atomic E-state index is -0.0646. The van der Waals surface area contributed by atoms with Crippen LogP contribution in [0.1, 0.15) is 53.9 Å². The van der Waals surface area contributed by atoms with Crippen molar-refractivity contribution in [2.75, 3.05) is 7.05 Å². The minimum Gasteiger partial charge on any atom is -0.409 e. The second-order valence-corrected chi connectivity index (χ2v) is 6.72. The van der Waals surface area contributed by atoms with Crippen molar-refractivity contribution in [2.24, 2.45) is 22.2 Å². The molecule has 0 aromatic carbocycles. The number of oxime groups is 1. The molecule has 0 fully saturated rings. The van der Waals surface area contributed by atoms with E-state index in [0.717, 1.165) is 6.42 Å². The lowest BCUT2D eigenvalue weighted by Gasteiger charge is -2.28. The number of nitrogens with two attached hydrogens (primary N) is 1. The Labute approximate surface area is 116 Å². The SMILES string of the molecule is CC(CC(=O)N(C)C(C)CC(N)=NO)CC(C)(C)C. The van der Waals surface area contributed by atoms with E-state index in [1.54, 1.807) is 11.9 Å². The Morgan fingerprint density at radius 1 is 1.32 bits per heavy atom. The fourth-order valence-corrected chi connectivity index (χ4v) is 2.29. The Morgan fingerprint density at radius 3 is 2.26 bits per heavy atom. The lowest BCUT2D eigenvalue weighted by atomic mass is 9.84. The zero-order valence-electron chi connectivity index (χ0n) is 13.1. The molecule has 1 amide bonds. The molecule has 0 aliphatic carbocycles. The van der Waals surface area contributed by atoms with E-state index in [2.05, 4.69) is 32.9 Å². The fraction of sp³-hybridized carbons (Fsp3) is 0.857. The van der Waals surface area contributed by atoms with Crippen molar-refractivity contribution in [3.8, 4) is 0 Å². The van der Waals surface area contributed by atoms with Gasteiger partial charge in [0.25, 0.3) is 0 Å².